The molecule has 3 aromatic rings. The Hall–Kier alpha value is -2.31. The van der Waals surface area contributed by atoms with Crippen LogP contribution in [0.1, 0.15) is 16.1 Å². The van der Waals surface area contributed by atoms with Gasteiger partial charge in [0.05, 0.1) is 17.1 Å². The Bertz CT molecular complexity index is 852. The van der Waals surface area contributed by atoms with E-state index in [4.69, 9.17) is 0 Å². The second-order valence-corrected chi connectivity index (χ2v) is 7.14. The topological polar surface area (TPSA) is 42.0 Å². The Balaban J connectivity index is 1.59. The maximum Gasteiger partial charge on any atom is 0.244 e. The molecule has 0 saturated heterocycles. The average molecular weight is 358 g/mol. The molecule has 1 N–H and O–H groups in total. The van der Waals surface area contributed by atoms with Crippen molar-refractivity contribution in [1.29, 1.82) is 0 Å². The van der Waals surface area contributed by atoms with Crippen LogP contribution in [0.3, 0.4) is 0 Å². The number of rotatable bonds is 5. The van der Waals surface area contributed by atoms with Crippen LogP contribution >= 0.6 is 22.7 Å². The van der Waals surface area contributed by atoms with E-state index in [-0.39, 0.29) is 11.7 Å². The van der Waals surface area contributed by atoms with Gasteiger partial charge in [0.1, 0.15) is 10.8 Å². The van der Waals surface area contributed by atoms with Crippen LogP contribution in [0.2, 0.25) is 0 Å². The van der Waals surface area contributed by atoms with E-state index in [1.165, 1.54) is 18.2 Å². The highest BCUT2D eigenvalue weighted by Crippen LogP contribution is 2.30. The van der Waals surface area contributed by atoms with Gasteiger partial charge in [0.2, 0.25) is 5.91 Å². The highest BCUT2D eigenvalue weighted by molar-refractivity contribution is 7.21. The Kier molecular flexibility index (Phi) is 5.17. The normalized spacial score (nSPS) is 11.1. The molecule has 0 bridgehead atoms. The number of carbonyl (C=O) groups excluding carboxylic acids is 1. The lowest BCUT2D eigenvalue weighted by molar-refractivity contribution is -0.116. The molecule has 1 aromatic carbocycles. The number of thiophene rings is 1. The van der Waals surface area contributed by atoms with E-state index in [2.05, 4.69) is 10.3 Å². The molecular weight excluding hydrogens is 343 g/mol. The number of aromatic nitrogens is 1. The van der Waals surface area contributed by atoms with E-state index in [1.54, 1.807) is 40.9 Å². The minimum Gasteiger partial charge on any atom is -0.348 e. The van der Waals surface area contributed by atoms with E-state index < -0.39 is 0 Å². The molecule has 3 nitrogen and oxygen atoms in total. The number of hydrogen-bond donors (Lipinski definition) is 1. The summed E-state index contributed by atoms with van der Waals surface area (Å²) in [6.45, 7) is 2.39. The van der Waals surface area contributed by atoms with Gasteiger partial charge in [-0.2, -0.15) is 0 Å². The fourth-order valence-corrected chi connectivity index (χ4v) is 3.87. The Morgan fingerprint density at radius 2 is 2.08 bits per heavy atom. The number of halogens is 1. The van der Waals surface area contributed by atoms with Crippen LogP contribution in [0.5, 0.6) is 0 Å². The first kappa shape index (κ1) is 16.5. The van der Waals surface area contributed by atoms with Crippen LogP contribution in [-0.2, 0) is 11.3 Å². The fraction of sp³-hybridized carbons (Fsp3) is 0.111. The Labute approximate surface area is 147 Å². The summed E-state index contributed by atoms with van der Waals surface area (Å²) in [6, 6.07) is 10.0. The first-order chi connectivity index (χ1) is 11.6. The van der Waals surface area contributed by atoms with Crippen molar-refractivity contribution in [3.8, 4) is 9.88 Å². The third kappa shape index (κ3) is 4.15. The smallest absolute Gasteiger partial charge is 0.244 e. The molecule has 0 fully saturated rings. The number of hydrogen-bond acceptors (Lipinski definition) is 4. The van der Waals surface area contributed by atoms with Crippen molar-refractivity contribution in [3.05, 3.63) is 69.8 Å². The third-order valence-corrected chi connectivity index (χ3v) is 5.54. The summed E-state index contributed by atoms with van der Waals surface area (Å²) in [4.78, 5) is 18.7. The second kappa shape index (κ2) is 7.51. The number of carbonyl (C=O) groups is 1. The predicted molar refractivity (Wildman–Crippen MR) is 97.4 cm³/mol. The van der Waals surface area contributed by atoms with Gasteiger partial charge in [-0.1, -0.05) is 18.2 Å². The summed E-state index contributed by atoms with van der Waals surface area (Å²) in [5.74, 6) is -0.483. The lowest BCUT2D eigenvalue weighted by Crippen LogP contribution is -2.20. The molecule has 0 atom stereocenters. The molecule has 2 aromatic heterocycles. The average Bonchev–Trinajstić information content (AvgIpc) is 3.22. The first-order valence-corrected chi connectivity index (χ1v) is 9.03. The Morgan fingerprint density at radius 3 is 2.79 bits per heavy atom. The maximum atomic E-state index is 12.8. The zero-order valence-corrected chi connectivity index (χ0v) is 14.6. The van der Waals surface area contributed by atoms with E-state index in [1.807, 2.05) is 24.4 Å². The molecule has 24 heavy (non-hydrogen) atoms. The summed E-state index contributed by atoms with van der Waals surface area (Å²) in [6.07, 6.45) is 3.11. The number of nitrogens with zero attached hydrogens (tertiary/aromatic N) is 1. The van der Waals surface area contributed by atoms with Crippen molar-refractivity contribution >= 4 is 34.7 Å². The largest absolute Gasteiger partial charge is 0.348 e. The fourth-order valence-electron chi connectivity index (χ4n) is 2.07. The van der Waals surface area contributed by atoms with Crippen LogP contribution in [-0.4, -0.2) is 10.9 Å². The van der Waals surface area contributed by atoms with Gasteiger partial charge in [-0.3, -0.25) is 4.79 Å². The summed E-state index contributed by atoms with van der Waals surface area (Å²) in [5, 5.41) is 5.86. The number of nitrogens with one attached hydrogen (secondary N) is 1. The molecule has 0 aliphatic carbocycles. The molecule has 0 unspecified atom stereocenters. The van der Waals surface area contributed by atoms with Crippen LogP contribution in [0, 0.1) is 12.7 Å². The minimum absolute atomic E-state index is 0.190. The van der Waals surface area contributed by atoms with Crippen LogP contribution < -0.4 is 5.32 Å². The Morgan fingerprint density at radius 1 is 1.29 bits per heavy atom. The van der Waals surface area contributed by atoms with E-state index in [9.17, 15) is 9.18 Å². The quantitative estimate of drug-likeness (QED) is 0.675. The molecule has 2 heterocycles. The van der Waals surface area contributed by atoms with E-state index in [0.717, 1.165) is 26.0 Å². The number of amides is 1. The molecule has 122 valence electrons. The highest BCUT2D eigenvalue weighted by Gasteiger charge is 2.10. The van der Waals surface area contributed by atoms with Gasteiger partial charge in [0.15, 0.2) is 0 Å². The van der Waals surface area contributed by atoms with E-state index >= 15 is 0 Å². The molecule has 0 aliphatic rings. The number of thiazole rings is 1. The summed E-state index contributed by atoms with van der Waals surface area (Å²) < 4.78 is 12.8. The molecule has 6 heteroatoms. The zero-order chi connectivity index (χ0) is 16.9. The van der Waals surface area contributed by atoms with Gasteiger partial charge < -0.3 is 5.32 Å². The highest BCUT2D eigenvalue weighted by atomic mass is 32.1. The SMILES string of the molecule is Cc1nc(-c2cccs2)sc1CNC(=O)C=Cc1ccc(F)cc1. The second-order valence-electron chi connectivity index (χ2n) is 5.11. The summed E-state index contributed by atoms with van der Waals surface area (Å²) in [5.41, 5.74) is 1.71. The number of benzene rings is 1. The molecule has 0 spiro atoms. The van der Waals surface area contributed by atoms with Crippen LogP contribution in [0.4, 0.5) is 4.39 Å². The van der Waals surface area contributed by atoms with Gasteiger partial charge in [-0.15, -0.1) is 22.7 Å². The molecule has 3 rings (SSSR count). The van der Waals surface area contributed by atoms with Crippen molar-refractivity contribution < 1.29 is 9.18 Å². The maximum absolute atomic E-state index is 12.8. The molecule has 0 radical (unpaired) electrons. The van der Waals surface area contributed by atoms with E-state index in [0.29, 0.717) is 6.54 Å². The number of aryl methyl sites for hydroxylation is 1. The van der Waals surface area contributed by atoms with Gasteiger partial charge in [0, 0.05) is 11.0 Å². The third-order valence-electron chi connectivity index (χ3n) is 3.34. The van der Waals surface area contributed by atoms with Crippen LogP contribution in [0.15, 0.2) is 47.9 Å². The minimum atomic E-state index is -0.293. The molecule has 1 amide bonds. The van der Waals surface area contributed by atoms with Crippen molar-refractivity contribution in [2.45, 2.75) is 13.5 Å². The summed E-state index contributed by atoms with van der Waals surface area (Å²) >= 11 is 3.25. The lowest BCUT2D eigenvalue weighted by atomic mass is 10.2. The molecular formula is C18H15FN2OS2. The van der Waals surface area contributed by atoms with Crippen molar-refractivity contribution in [2.24, 2.45) is 0 Å². The monoisotopic (exact) mass is 358 g/mol. The van der Waals surface area contributed by atoms with Gasteiger partial charge in [-0.05, 0) is 42.1 Å². The molecule has 0 aliphatic heterocycles. The van der Waals surface area contributed by atoms with Gasteiger partial charge in [0.25, 0.3) is 0 Å². The zero-order valence-electron chi connectivity index (χ0n) is 13.0. The lowest BCUT2D eigenvalue weighted by Gasteiger charge is -2.00. The van der Waals surface area contributed by atoms with Gasteiger partial charge >= 0.3 is 0 Å². The van der Waals surface area contributed by atoms with Crippen molar-refractivity contribution in [3.63, 3.8) is 0 Å². The van der Waals surface area contributed by atoms with Crippen molar-refractivity contribution in [2.75, 3.05) is 0 Å². The first-order valence-electron chi connectivity index (χ1n) is 7.33. The molecule has 0 saturated carbocycles. The standard InChI is InChI=1S/C18H15FN2OS2/c1-12-16(24-18(21-12)15-3-2-10-23-15)11-20-17(22)9-6-13-4-7-14(19)8-5-13/h2-10H,11H2,1H3,(H,20,22). The summed E-state index contributed by atoms with van der Waals surface area (Å²) in [7, 11) is 0. The van der Waals surface area contributed by atoms with Crippen molar-refractivity contribution in [1.82, 2.24) is 10.3 Å². The predicted octanol–water partition coefficient (Wildman–Crippen LogP) is 4.65. The van der Waals surface area contributed by atoms with Gasteiger partial charge in [-0.25, -0.2) is 9.37 Å². The van der Waals surface area contributed by atoms with Crippen LogP contribution in [0.25, 0.3) is 16.0 Å².